The molecular formula is C32H35N3O8. The summed E-state index contributed by atoms with van der Waals surface area (Å²) in [6.45, 7) is 3.80. The summed E-state index contributed by atoms with van der Waals surface area (Å²) in [4.78, 5) is 43.3. The number of fused-ring (bicyclic) bond motifs is 3. The lowest BCUT2D eigenvalue weighted by Crippen LogP contribution is -2.65. The second kappa shape index (κ2) is 10.6. The minimum absolute atomic E-state index is 0.0396. The molecule has 11 heteroatoms. The number of benzene rings is 2. The summed E-state index contributed by atoms with van der Waals surface area (Å²) in [5.74, 6) is -6.66. The topological polar surface area (TPSA) is 174 Å². The van der Waals surface area contributed by atoms with Gasteiger partial charge in [-0.3, -0.25) is 24.2 Å². The number of Topliss-reactive ketones (excluding diaryl/α,β-unsaturated/α-hetero) is 2. The van der Waals surface area contributed by atoms with Crippen LogP contribution in [-0.4, -0.2) is 99.7 Å². The fraction of sp³-hybridized carbons (Fsp3) is 0.406. The minimum atomic E-state index is -2.66. The Hall–Kier alpha value is -4.03. The summed E-state index contributed by atoms with van der Waals surface area (Å²) >= 11 is 0. The van der Waals surface area contributed by atoms with Crippen molar-refractivity contribution in [3.63, 3.8) is 0 Å². The first-order valence-corrected chi connectivity index (χ1v) is 14.3. The Bertz CT molecular complexity index is 1610. The zero-order valence-electron chi connectivity index (χ0n) is 24.0. The molecule has 0 aromatic heterocycles. The molecule has 2 aromatic rings. The van der Waals surface area contributed by atoms with Crippen LogP contribution in [0.15, 0.2) is 53.3 Å². The molecule has 1 saturated heterocycles. The molecule has 6 rings (SSSR count). The van der Waals surface area contributed by atoms with E-state index in [1.54, 1.807) is 20.2 Å². The standard InChI is InChI=1S/C32H35N3O8/c1-34(2)26-21-14-18-13-20-19(17-5-3-4-16(12-17)15-35-8-10-43-11-9-35)6-7-22(36)24(20)27(37)23(18)29(39)32(21,42)30(40)25(28(26)38)31(33)41/h3-7,12,18,21,26,36-37,40,42H,8-11,13-15H2,1-2H3,(H2,33,41). The van der Waals surface area contributed by atoms with E-state index in [4.69, 9.17) is 10.5 Å². The molecule has 2 fully saturated rings. The Labute approximate surface area is 248 Å². The number of carbonyl (C=O) groups is 3. The van der Waals surface area contributed by atoms with Crippen molar-refractivity contribution in [1.29, 1.82) is 0 Å². The van der Waals surface area contributed by atoms with Gasteiger partial charge in [-0.1, -0.05) is 24.3 Å². The molecule has 1 heterocycles. The molecule has 0 radical (unpaired) electrons. The van der Waals surface area contributed by atoms with Crippen molar-refractivity contribution in [2.45, 2.75) is 31.0 Å². The lowest BCUT2D eigenvalue weighted by molar-refractivity contribution is -0.153. The fourth-order valence-electron chi connectivity index (χ4n) is 7.37. The normalized spacial score (nSPS) is 27.7. The number of aliphatic hydroxyl groups excluding tert-OH is 2. The predicted octanol–water partition coefficient (Wildman–Crippen LogP) is 1.46. The number of hydrogen-bond donors (Lipinski definition) is 5. The van der Waals surface area contributed by atoms with Gasteiger partial charge in [0.2, 0.25) is 5.78 Å². The molecule has 1 saturated carbocycles. The third kappa shape index (κ3) is 4.46. The Morgan fingerprint density at radius 3 is 2.51 bits per heavy atom. The van der Waals surface area contributed by atoms with E-state index in [1.807, 2.05) is 18.2 Å². The maximum absolute atomic E-state index is 14.1. The lowest BCUT2D eigenvalue weighted by Gasteiger charge is -2.50. The predicted molar refractivity (Wildman–Crippen MR) is 156 cm³/mol. The van der Waals surface area contributed by atoms with Gasteiger partial charge in [-0.25, -0.2) is 0 Å². The van der Waals surface area contributed by atoms with Gasteiger partial charge in [0.05, 0.1) is 24.8 Å². The van der Waals surface area contributed by atoms with Gasteiger partial charge < -0.3 is 30.9 Å². The summed E-state index contributed by atoms with van der Waals surface area (Å²) < 4.78 is 5.46. The van der Waals surface area contributed by atoms with Crippen LogP contribution in [0.2, 0.25) is 0 Å². The summed E-state index contributed by atoms with van der Waals surface area (Å²) in [6, 6.07) is 10.1. The Morgan fingerprint density at radius 1 is 1.12 bits per heavy atom. The first-order valence-electron chi connectivity index (χ1n) is 14.3. The molecule has 226 valence electrons. The number of primary amides is 1. The number of nitrogens with zero attached hydrogens (tertiary/aromatic N) is 2. The number of nitrogens with two attached hydrogens (primary N) is 1. The fourth-order valence-corrected chi connectivity index (χ4v) is 7.37. The molecule has 2 aromatic carbocycles. The van der Waals surface area contributed by atoms with Crippen molar-refractivity contribution in [3.05, 3.63) is 70.0 Å². The average Bonchev–Trinajstić information content (AvgIpc) is 2.95. The number of morpholine rings is 1. The average molecular weight is 590 g/mol. The van der Waals surface area contributed by atoms with Crippen molar-refractivity contribution in [2.24, 2.45) is 17.6 Å². The SMILES string of the molecule is CN(C)C1C(=O)C(C(N)=O)=C(O)C2(O)C(=O)C3=C(O)c4c(O)ccc(-c5cccc(CN6CCOCC6)c5)c4CC3CC12. The Kier molecular flexibility index (Phi) is 7.16. The smallest absolute Gasteiger partial charge is 0.255 e. The Morgan fingerprint density at radius 2 is 1.84 bits per heavy atom. The number of hydrogen-bond acceptors (Lipinski definition) is 10. The van der Waals surface area contributed by atoms with E-state index in [9.17, 15) is 34.8 Å². The lowest BCUT2D eigenvalue weighted by atomic mass is 9.57. The van der Waals surface area contributed by atoms with E-state index in [1.165, 1.54) is 11.0 Å². The number of aromatic hydroxyl groups is 1. The van der Waals surface area contributed by atoms with E-state index >= 15 is 0 Å². The number of ether oxygens (including phenoxy) is 1. The zero-order chi connectivity index (χ0) is 30.8. The highest BCUT2D eigenvalue weighted by molar-refractivity contribution is 6.24. The van der Waals surface area contributed by atoms with Gasteiger partial charge in [-0.15, -0.1) is 0 Å². The van der Waals surface area contributed by atoms with Crippen LogP contribution in [-0.2, 0) is 32.1 Å². The van der Waals surface area contributed by atoms with Crippen LogP contribution in [0.25, 0.3) is 16.9 Å². The van der Waals surface area contributed by atoms with Crippen LogP contribution in [0, 0.1) is 11.8 Å². The first-order chi connectivity index (χ1) is 20.4. The van der Waals surface area contributed by atoms with Crippen LogP contribution in [0.3, 0.4) is 0 Å². The van der Waals surface area contributed by atoms with E-state index in [0.29, 0.717) is 18.8 Å². The number of likely N-dealkylation sites (N-methyl/N-ethyl adjacent to an activating group) is 1. The van der Waals surface area contributed by atoms with Crippen LogP contribution in [0.1, 0.15) is 23.1 Å². The van der Waals surface area contributed by atoms with Gasteiger partial charge in [0.25, 0.3) is 5.91 Å². The Balaban J connectivity index is 1.46. The number of phenols is 1. The van der Waals surface area contributed by atoms with E-state index < -0.39 is 58.0 Å². The first kappa shape index (κ1) is 29.1. The van der Waals surface area contributed by atoms with Crippen molar-refractivity contribution < 1.29 is 39.5 Å². The van der Waals surface area contributed by atoms with Crippen LogP contribution >= 0.6 is 0 Å². The van der Waals surface area contributed by atoms with Gasteiger partial charge in [-0.2, -0.15) is 0 Å². The summed E-state index contributed by atoms with van der Waals surface area (Å²) in [7, 11) is 3.15. The highest BCUT2D eigenvalue weighted by Crippen LogP contribution is 2.53. The summed E-state index contributed by atoms with van der Waals surface area (Å²) in [5, 5.41) is 45.2. The summed E-state index contributed by atoms with van der Waals surface area (Å²) in [6.07, 6.45) is 0.268. The molecule has 11 nitrogen and oxygen atoms in total. The molecule has 4 atom stereocenters. The van der Waals surface area contributed by atoms with Crippen molar-refractivity contribution in [3.8, 4) is 16.9 Å². The number of rotatable bonds is 5. The molecule has 6 N–H and O–H groups in total. The highest BCUT2D eigenvalue weighted by atomic mass is 16.5. The molecule has 0 spiro atoms. The van der Waals surface area contributed by atoms with Gasteiger partial charge in [0.1, 0.15) is 22.8 Å². The second-order valence-electron chi connectivity index (χ2n) is 12.0. The van der Waals surface area contributed by atoms with Crippen LogP contribution in [0.5, 0.6) is 5.75 Å². The number of amides is 1. The maximum Gasteiger partial charge on any atom is 0.255 e. The molecule has 4 aliphatic rings. The largest absolute Gasteiger partial charge is 0.508 e. The van der Waals surface area contributed by atoms with E-state index in [-0.39, 0.29) is 29.7 Å². The summed E-state index contributed by atoms with van der Waals surface area (Å²) in [5.41, 5.74) is 5.19. The third-order valence-electron chi connectivity index (χ3n) is 9.35. The van der Waals surface area contributed by atoms with Gasteiger partial charge in [0.15, 0.2) is 11.4 Å². The molecule has 1 amide bonds. The number of ketones is 2. The highest BCUT2D eigenvalue weighted by Gasteiger charge is 2.64. The van der Waals surface area contributed by atoms with E-state index in [2.05, 4.69) is 11.0 Å². The number of carbonyl (C=O) groups excluding carboxylic acids is 3. The van der Waals surface area contributed by atoms with Gasteiger partial charge in [-0.05, 0) is 67.2 Å². The third-order valence-corrected chi connectivity index (χ3v) is 9.35. The molecule has 43 heavy (non-hydrogen) atoms. The molecular weight excluding hydrogens is 554 g/mol. The van der Waals surface area contributed by atoms with Crippen molar-refractivity contribution >= 4 is 23.2 Å². The van der Waals surface area contributed by atoms with Gasteiger partial charge in [0, 0.05) is 31.1 Å². The quantitative estimate of drug-likeness (QED) is 0.321. The van der Waals surface area contributed by atoms with Crippen LogP contribution in [0.4, 0.5) is 0 Å². The van der Waals surface area contributed by atoms with Crippen molar-refractivity contribution in [2.75, 3.05) is 40.4 Å². The number of aliphatic hydroxyl groups is 3. The number of phenolic OH excluding ortho intramolecular Hbond substituents is 1. The minimum Gasteiger partial charge on any atom is -0.508 e. The molecule has 4 unspecified atom stereocenters. The monoisotopic (exact) mass is 589 g/mol. The van der Waals surface area contributed by atoms with E-state index in [0.717, 1.165) is 36.3 Å². The molecule has 3 aliphatic carbocycles. The maximum atomic E-state index is 14.1. The molecule has 1 aliphatic heterocycles. The van der Waals surface area contributed by atoms with Gasteiger partial charge >= 0.3 is 0 Å². The van der Waals surface area contributed by atoms with Crippen LogP contribution < -0.4 is 5.73 Å². The second-order valence-corrected chi connectivity index (χ2v) is 12.0. The van der Waals surface area contributed by atoms with Crippen molar-refractivity contribution in [1.82, 2.24) is 9.80 Å². The zero-order valence-corrected chi connectivity index (χ0v) is 24.0. The molecule has 0 bridgehead atoms.